The number of hydrogen-bond acceptors (Lipinski definition) is 3. The van der Waals surface area contributed by atoms with Gasteiger partial charge in [-0.3, -0.25) is 4.79 Å². The number of rotatable bonds is 3. The smallest absolute Gasteiger partial charge is 0.308 e. The second kappa shape index (κ2) is 5.28. The van der Waals surface area contributed by atoms with Crippen LogP contribution in [0.4, 0.5) is 0 Å². The van der Waals surface area contributed by atoms with Crippen LogP contribution in [0.2, 0.25) is 0 Å². The van der Waals surface area contributed by atoms with E-state index < -0.39 is 12.1 Å². The van der Waals surface area contributed by atoms with Crippen LogP contribution >= 0.6 is 15.9 Å². The summed E-state index contributed by atoms with van der Waals surface area (Å²) in [7, 11) is 1.31. The van der Waals surface area contributed by atoms with Crippen molar-refractivity contribution in [2.75, 3.05) is 7.11 Å². The molecule has 1 aromatic carbocycles. The molecule has 1 aromatic rings. The van der Waals surface area contributed by atoms with Crippen LogP contribution in [0, 0.1) is 6.92 Å². The molecule has 1 rings (SSSR count). The minimum Gasteiger partial charge on any atom is -0.469 e. The van der Waals surface area contributed by atoms with Gasteiger partial charge in [0.2, 0.25) is 0 Å². The van der Waals surface area contributed by atoms with E-state index in [-0.39, 0.29) is 6.42 Å². The third-order valence-electron chi connectivity index (χ3n) is 2.10. The predicted octanol–water partition coefficient (Wildman–Crippen LogP) is 2.35. The van der Waals surface area contributed by atoms with Crippen LogP contribution < -0.4 is 0 Å². The van der Waals surface area contributed by atoms with Crippen LogP contribution in [0.3, 0.4) is 0 Å². The highest BCUT2D eigenvalue weighted by atomic mass is 79.9. The number of benzene rings is 1. The summed E-state index contributed by atoms with van der Waals surface area (Å²) in [6.45, 7) is 1.93. The minimum absolute atomic E-state index is 0.0292. The SMILES string of the molecule is COC(=O)C[C@@H](O)c1cc(C)ccc1Br. The number of aryl methyl sites for hydroxylation is 1. The van der Waals surface area contributed by atoms with Crippen LogP contribution in [0.1, 0.15) is 23.7 Å². The second-order valence-corrected chi connectivity index (χ2v) is 4.18. The molecule has 15 heavy (non-hydrogen) atoms. The summed E-state index contributed by atoms with van der Waals surface area (Å²) in [6, 6.07) is 5.63. The lowest BCUT2D eigenvalue weighted by molar-refractivity contribution is -0.142. The lowest BCUT2D eigenvalue weighted by atomic mass is 10.0. The fraction of sp³-hybridized carbons (Fsp3) is 0.364. The Morgan fingerprint density at radius 1 is 1.60 bits per heavy atom. The summed E-state index contributed by atoms with van der Waals surface area (Å²) in [5.74, 6) is -0.420. The average molecular weight is 273 g/mol. The van der Waals surface area contributed by atoms with E-state index in [4.69, 9.17) is 0 Å². The summed E-state index contributed by atoms with van der Waals surface area (Å²) in [4.78, 5) is 11.0. The lowest BCUT2D eigenvalue weighted by Gasteiger charge is -2.12. The molecule has 0 amide bonds. The normalized spacial score (nSPS) is 12.3. The van der Waals surface area contributed by atoms with Gasteiger partial charge in [0.05, 0.1) is 19.6 Å². The van der Waals surface area contributed by atoms with E-state index in [9.17, 15) is 9.90 Å². The van der Waals surface area contributed by atoms with E-state index in [0.717, 1.165) is 10.0 Å². The van der Waals surface area contributed by atoms with Crippen LogP contribution in [-0.4, -0.2) is 18.2 Å². The first kappa shape index (κ1) is 12.2. The van der Waals surface area contributed by atoms with E-state index >= 15 is 0 Å². The maximum atomic E-state index is 11.0. The second-order valence-electron chi connectivity index (χ2n) is 3.32. The molecule has 0 fully saturated rings. The Morgan fingerprint density at radius 3 is 2.87 bits per heavy atom. The molecule has 0 aromatic heterocycles. The molecular formula is C11H13BrO3. The first-order valence-corrected chi connectivity index (χ1v) is 5.35. The standard InChI is InChI=1S/C11H13BrO3/c1-7-3-4-9(12)8(5-7)10(13)6-11(14)15-2/h3-5,10,13H,6H2,1-2H3/t10-/m1/s1. The zero-order valence-corrected chi connectivity index (χ0v) is 10.2. The highest BCUT2D eigenvalue weighted by molar-refractivity contribution is 9.10. The number of hydrogen-bond donors (Lipinski definition) is 1. The number of methoxy groups -OCH3 is 1. The molecule has 0 spiro atoms. The van der Waals surface area contributed by atoms with Gasteiger partial charge in [-0.15, -0.1) is 0 Å². The maximum Gasteiger partial charge on any atom is 0.308 e. The topological polar surface area (TPSA) is 46.5 Å². The van der Waals surface area contributed by atoms with Crippen molar-refractivity contribution in [3.8, 4) is 0 Å². The third kappa shape index (κ3) is 3.32. The quantitative estimate of drug-likeness (QED) is 0.860. The number of esters is 1. The summed E-state index contributed by atoms with van der Waals surface area (Å²) in [5, 5.41) is 9.80. The average Bonchev–Trinajstić information content (AvgIpc) is 2.21. The van der Waals surface area contributed by atoms with Crippen LogP contribution in [0.15, 0.2) is 22.7 Å². The van der Waals surface area contributed by atoms with Gasteiger partial charge in [-0.2, -0.15) is 0 Å². The Labute approximate surface area is 97.2 Å². The van der Waals surface area contributed by atoms with E-state index in [1.165, 1.54) is 7.11 Å². The Morgan fingerprint density at radius 2 is 2.27 bits per heavy atom. The van der Waals surface area contributed by atoms with Gasteiger partial charge < -0.3 is 9.84 Å². The Kier molecular flexibility index (Phi) is 4.29. The zero-order chi connectivity index (χ0) is 11.4. The molecule has 0 radical (unpaired) electrons. The zero-order valence-electron chi connectivity index (χ0n) is 8.66. The Hall–Kier alpha value is -0.870. The monoisotopic (exact) mass is 272 g/mol. The van der Waals surface area contributed by atoms with Crippen molar-refractivity contribution in [3.63, 3.8) is 0 Å². The number of carbonyl (C=O) groups is 1. The summed E-state index contributed by atoms with van der Waals surface area (Å²) in [5.41, 5.74) is 1.75. The largest absolute Gasteiger partial charge is 0.469 e. The van der Waals surface area contributed by atoms with E-state index in [2.05, 4.69) is 20.7 Å². The molecule has 82 valence electrons. The number of aliphatic hydroxyl groups excluding tert-OH is 1. The van der Waals surface area contributed by atoms with Crippen molar-refractivity contribution in [1.29, 1.82) is 0 Å². The molecule has 1 atom stereocenters. The number of halogens is 1. The number of carbonyl (C=O) groups excluding carboxylic acids is 1. The predicted molar refractivity (Wildman–Crippen MR) is 60.5 cm³/mol. The minimum atomic E-state index is -0.827. The van der Waals surface area contributed by atoms with Gasteiger partial charge in [0.1, 0.15) is 0 Å². The molecule has 0 aliphatic heterocycles. The summed E-state index contributed by atoms with van der Waals surface area (Å²) in [6.07, 6.45) is -0.856. The van der Waals surface area contributed by atoms with Crippen LogP contribution in [0.5, 0.6) is 0 Å². The fourth-order valence-electron chi connectivity index (χ4n) is 1.27. The summed E-state index contributed by atoms with van der Waals surface area (Å²) < 4.78 is 5.29. The van der Waals surface area contributed by atoms with Crippen LogP contribution in [-0.2, 0) is 9.53 Å². The van der Waals surface area contributed by atoms with Crippen LogP contribution in [0.25, 0.3) is 0 Å². The molecule has 0 aliphatic rings. The van der Waals surface area contributed by atoms with Gasteiger partial charge >= 0.3 is 5.97 Å². The first-order valence-electron chi connectivity index (χ1n) is 4.55. The maximum absolute atomic E-state index is 11.0. The molecule has 1 N–H and O–H groups in total. The molecular weight excluding hydrogens is 260 g/mol. The third-order valence-corrected chi connectivity index (χ3v) is 2.82. The van der Waals surface area contributed by atoms with Gasteiger partial charge in [-0.05, 0) is 18.6 Å². The van der Waals surface area contributed by atoms with E-state index in [0.29, 0.717) is 5.56 Å². The number of aliphatic hydroxyl groups is 1. The molecule has 0 bridgehead atoms. The molecule has 4 heteroatoms. The van der Waals surface area contributed by atoms with Gasteiger partial charge in [0.15, 0.2) is 0 Å². The first-order chi connectivity index (χ1) is 7.04. The van der Waals surface area contributed by atoms with Gasteiger partial charge in [-0.1, -0.05) is 33.6 Å². The van der Waals surface area contributed by atoms with Crippen molar-refractivity contribution in [1.82, 2.24) is 0 Å². The van der Waals surface area contributed by atoms with Crippen molar-refractivity contribution < 1.29 is 14.6 Å². The van der Waals surface area contributed by atoms with Gasteiger partial charge in [-0.25, -0.2) is 0 Å². The molecule has 0 saturated carbocycles. The molecule has 0 heterocycles. The summed E-state index contributed by atoms with van der Waals surface area (Å²) >= 11 is 3.33. The van der Waals surface area contributed by atoms with Crippen molar-refractivity contribution in [3.05, 3.63) is 33.8 Å². The van der Waals surface area contributed by atoms with Crippen molar-refractivity contribution in [2.24, 2.45) is 0 Å². The van der Waals surface area contributed by atoms with Crippen molar-refractivity contribution in [2.45, 2.75) is 19.4 Å². The fourth-order valence-corrected chi connectivity index (χ4v) is 1.78. The van der Waals surface area contributed by atoms with Crippen molar-refractivity contribution >= 4 is 21.9 Å². The molecule has 0 saturated heterocycles. The molecule has 3 nitrogen and oxygen atoms in total. The van der Waals surface area contributed by atoms with E-state index in [1.54, 1.807) is 0 Å². The molecule has 0 aliphatic carbocycles. The Bertz CT molecular complexity index is 363. The lowest BCUT2D eigenvalue weighted by Crippen LogP contribution is -2.08. The Balaban J connectivity index is 2.85. The highest BCUT2D eigenvalue weighted by Gasteiger charge is 2.15. The number of ether oxygens (including phenoxy) is 1. The van der Waals surface area contributed by atoms with Gasteiger partial charge in [0, 0.05) is 4.47 Å². The highest BCUT2D eigenvalue weighted by Crippen LogP contribution is 2.26. The molecule has 0 unspecified atom stereocenters. The van der Waals surface area contributed by atoms with Gasteiger partial charge in [0.25, 0.3) is 0 Å². The van der Waals surface area contributed by atoms with E-state index in [1.807, 2.05) is 25.1 Å².